The van der Waals surface area contributed by atoms with Crippen LogP contribution in [0.3, 0.4) is 0 Å². The van der Waals surface area contributed by atoms with Crippen LogP contribution in [0.1, 0.15) is 31.2 Å². The average Bonchev–Trinajstić information content (AvgIpc) is 2.69. The van der Waals surface area contributed by atoms with E-state index in [1.807, 2.05) is 49.7 Å². The third-order valence-corrected chi connectivity index (χ3v) is 2.76. The number of hydrogen-bond donors (Lipinski definition) is 0. The number of aromatic nitrogens is 2. The van der Waals surface area contributed by atoms with E-state index in [2.05, 4.69) is 5.10 Å². The minimum absolute atomic E-state index is 0.201. The fraction of sp³-hybridized carbons (Fsp3) is 0.333. The van der Waals surface area contributed by atoms with Gasteiger partial charge >= 0.3 is 5.97 Å². The zero-order valence-corrected chi connectivity index (χ0v) is 11.5. The number of benzene rings is 1. The predicted molar refractivity (Wildman–Crippen MR) is 73.6 cm³/mol. The second-order valence-electron chi connectivity index (χ2n) is 4.56. The Morgan fingerprint density at radius 3 is 2.74 bits per heavy atom. The van der Waals surface area contributed by atoms with Crippen LogP contribution < -0.4 is 4.74 Å². The Morgan fingerprint density at radius 1 is 1.32 bits per heavy atom. The number of hydrogen-bond acceptors (Lipinski definition) is 3. The molecule has 4 nitrogen and oxygen atoms in total. The molecule has 0 aliphatic heterocycles. The Bertz CT molecular complexity index is 588. The van der Waals surface area contributed by atoms with Crippen LogP contribution in [0.5, 0.6) is 5.75 Å². The van der Waals surface area contributed by atoms with Gasteiger partial charge in [0, 0.05) is 18.2 Å². The highest BCUT2D eigenvalue weighted by Crippen LogP contribution is 2.19. The molecule has 2 aromatic rings. The highest BCUT2D eigenvalue weighted by molar-refractivity contribution is 5.72. The Kier molecular flexibility index (Phi) is 4.00. The molecular formula is C15H18N2O2. The lowest BCUT2D eigenvalue weighted by molar-refractivity contribution is -0.134. The second-order valence-corrected chi connectivity index (χ2v) is 4.56. The zero-order valence-electron chi connectivity index (χ0n) is 11.5. The maximum absolute atomic E-state index is 11.5. The molecule has 0 saturated carbocycles. The van der Waals surface area contributed by atoms with Crippen molar-refractivity contribution in [2.24, 2.45) is 0 Å². The average molecular weight is 258 g/mol. The maximum Gasteiger partial charge on any atom is 0.311 e. The van der Waals surface area contributed by atoms with Crippen LogP contribution in [-0.2, 0) is 4.79 Å². The first-order valence-electron chi connectivity index (χ1n) is 6.44. The Balaban J connectivity index is 2.24. The summed E-state index contributed by atoms with van der Waals surface area (Å²) in [6.45, 7) is 5.90. The topological polar surface area (TPSA) is 44.1 Å². The quantitative estimate of drug-likeness (QED) is 0.625. The molecule has 0 spiro atoms. The summed E-state index contributed by atoms with van der Waals surface area (Å²) < 4.78 is 7.12. The van der Waals surface area contributed by atoms with E-state index in [1.54, 1.807) is 6.07 Å². The first-order chi connectivity index (χ1) is 9.10. The van der Waals surface area contributed by atoms with Crippen LogP contribution in [0.4, 0.5) is 0 Å². The van der Waals surface area contributed by atoms with Gasteiger partial charge in [-0.2, -0.15) is 5.10 Å². The minimum atomic E-state index is -0.201. The van der Waals surface area contributed by atoms with Gasteiger partial charge in [0.2, 0.25) is 0 Å². The van der Waals surface area contributed by atoms with E-state index in [0.29, 0.717) is 12.2 Å². The third-order valence-electron chi connectivity index (χ3n) is 2.76. The molecule has 0 N–H and O–H groups in total. The number of aryl methyl sites for hydroxylation is 2. The van der Waals surface area contributed by atoms with Gasteiger partial charge in [-0.3, -0.25) is 4.79 Å². The van der Waals surface area contributed by atoms with Crippen molar-refractivity contribution in [3.05, 3.63) is 41.7 Å². The number of carbonyl (C=O) groups excluding carboxylic acids is 1. The molecule has 0 unspecified atom stereocenters. The highest BCUT2D eigenvalue weighted by Gasteiger charge is 2.07. The van der Waals surface area contributed by atoms with E-state index in [1.165, 1.54) is 0 Å². The molecule has 1 aromatic carbocycles. The lowest BCUT2D eigenvalue weighted by atomic mass is 10.3. The molecule has 0 amide bonds. The van der Waals surface area contributed by atoms with Crippen molar-refractivity contribution in [3.63, 3.8) is 0 Å². The second kappa shape index (κ2) is 5.69. The Morgan fingerprint density at radius 2 is 2.11 bits per heavy atom. The van der Waals surface area contributed by atoms with Crippen LogP contribution in [0, 0.1) is 13.8 Å². The van der Waals surface area contributed by atoms with E-state index in [9.17, 15) is 4.79 Å². The monoisotopic (exact) mass is 258 g/mol. The molecule has 0 aliphatic carbocycles. The molecule has 2 rings (SSSR count). The Hall–Kier alpha value is -2.10. The van der Waals surface area contributed by atoms with Gasteiger partial charge in [-0.15, -0.1) is 0 Å². The van der Waals surface area contributed by atoms with Gasteiger partial charge in [0.1, 0.15) is 5.75 Å². The smallest absolute Gasteiger partial charge is 0.311 e. The lowest BCUT2D eigenvalue weighted by Gasteiger charge is -2.07. The molecule has 0 atom stereocenters. The molecule has 1 aromatic heterocycles. The first kappa shape index (κ1) is 13.3. The summed E-state index contributed by atoms with van der Waals surface area (Å²) in [5.74, 6) is 0.358. The van der Waals surface area contributed by atoms with E-state index in [0.717, 1.165) is 23.5 Å². The number of carbonyl (C=O) groups is 1. The molecular weight excluding hydrogens is 240 g/mol. The first-order valence-corrected chi connectivity index (χ1v) is 6.44. The summed E-state index contributed by atoms with van der Waals surface area (Å²) in [5, 5.41) is 4.41. The normalized spacial score (nSPS) is 10.5. The lowest BCUT2D eigenvalue weighted by Crippen LogP contribution is -2.07. The SMILES string of the molecule is CCCC(=O)Oc1cccc(-n2nc(C)cc2C)c1. The van der Waals surface area contributed by atoms with Crippen LogP contribution in [0.25, 0.3) is 5.69 Å². The van der Waals surface area contributed by atoms with Crippen molar-refractivity contribution < 1.29 is 9.53 Å². The number of ether oxygens (including phenoxy) is 1. The fourth-order valence-electron chi connectivity index (χ4n) is 1.96. The van der Waals surface area contributed by atoms with Crippen molar-refractivity contribution in [2.45, 2.75) is 33.6 Å². The van der Waals surface area contributed by atoms with Crippen molar-refractivity contribution in [2.75, 3.05) is 0 Å². The van der Waals surface area contributed by atoms with Gasteiger partial charge in [0.05, 0.1) is 11.4 Å². The van der Waals surface area contributed by atoms with E-state index < -0.39 is 0 Å². The molecule has 0 saturated heterocycles. The molecule has 19 heavy (non-hydrogen) atoms. The minimum Gasteiger partial charge on any atom is -0.426 e. The predicted octanol–water partition coefficient (Wildman–Crippen LogP) is 3.19. The van der Waals surface area contributed by atoms with Crippen LogP contribution in [0.2, 0.25) is 0 Å². The van der Waals surface area contributed by atoms with Crippen LogP contribution in [-0.4, -0.2) is 15.7 Å². The Labute approximate surface area is 113 Å². The van der Waals surface area contributed by atoms with Gasteiger partial charge in [-0.25, -0.2) is 4.68 Å². The molecule has 1 heterocycles. The molecule has 0 aliphatic rings. The zero-order chi connectivity index (χ0) is 13.8. The van der Waals surface area contributed by atoms with Crippen LogP contribution >= 0.6 is 0 Å². The number of esters is 1. The molecule has 4 heteroatoms. The standard InChI is InChI=1S/C15H18N2O2/c1-4-6-15(18)19-14-8-5-7-13(10-14)17-12(3)9-11(2)16-17/h5,7-10H,4,6H2,1-3H3. The van der Waals surface area contributed by atoms with Gasteiger partial charge < -0.3 is 4.74 Å². The van der Waals surface area contributed by atoms with E-state index in [-0.39, 0.29) is 5.97 Å². The largest absolute Gasteiger partial charge is 0.426 e. The van der Waals surface area contributed by atoms with E-state index in [4.69, 9.17) is 4.74 Å². The fourth-order valence-corrected chi connectivity index (χ4v) is 1.96. The summed E-state index contributed by atoms with van der Waals surface area (Å²) in [6.07, 6.45) is 1.22. The molecule has 100 valence electrons. The van der Waals surface area contributed by atoms with Gasteiger partial charge in [-0.1, -0.05) is 13.0 Å². The van der Waals surface area contributed by atoms with Gasteiger partial charge in [0.25, 0.3) is 0 Å². The number of nitrogens with zero attached hydrogens (tertiary/aromatic N) is 2. The summed E-state index contributed by atoms with van der Waals surface area (Å²) >= 11 is 0. The maximum atomic E-state index is 11.5. The summed E-state index contributed by atoms with van der Waals surface area (Å²) in [4.78, 5) is 11.5. The summed E-state index contributed by atoms with van der Waals surface area (Å²) in [7, 11) is 0. The highest BCUT2D eigenvalue weighted by atomic mass is 16.5. The molecule has 0 radical (unpaired) electrons. The summed E-state index contributed by atoms with van der Waals surface area (Å²) in [5.41, 5.74) is 2.91. The number of rotatable bonds is 4. The van der Waals surface area contributed by atoms with E-state index >= 15 is 0 Å². The van der Waals surface area contributed by atoms with Crippen molar-refractivity contribution in [1.82, 2.24) is 9.78 Å². The molecule has 0 bridgehead atoms. The van der Waals surface area contributed by atoms with Crippen molar-refractivity contribution in [3.8, 4) is 11.4 Å². The van der Waals surface area contributed by atoms with Crippen molar-refractivity contribution in [1.29, 1.82) is 0 Å². The van der Waals surface area contributed by atoms with Gasteiger partial charge in [0.15, 0.2) is 0 Å². The van der Waals surface area contributed by atoms with Crippen molar-refractivity contribution >= 4 is 5.97 Å². The van der Waals surface area contributed by atoms with Crippen LogP contribution in [0.15, 0.2) is 30.3 Å². The van der Waals surface area contributed by atoms with Gasteiger partial charge in [-0.05, 0) is 38.5 Å². The third kappa shape index (κ3) is 3.22. The summed E-state index contributed by atoms with van der Waals surface area (Å²) in [6, 6.07) is 9.42. The molecule has 0 fully saturated rings.